The van der Waals surface area contributed by atoms with Crippen LogP contribution in [-0.4, -0.2) is 0 Å². The molecule has 2 N–H and O–H groups in total. The van der Waals surface area contributed by atoms with Crippen LogP contribution in [0.3, 0.4) is 0 Å². The van der Waals surface area contributed by atoms with Crippen LogP contribution in [0.15, 0.2) is 36.8 Å². The summed E-state index contributed by atoms with van der Waals surface area (Å²) < 4.78 is 11.9. The molecule has 8 heavy (non-hydrogen) atoms. The van der Waals surface area contributed by atoms with Gasteiger partial charge in [-0.3, -0.25) is 0 Å². The van der Waals surface area contributed by atoms with Crippen molar-refractivity contribution in [3.63, 3.8) is 0 Å². The Balaban J connectivity index is 3.69. The van der Waals surface area contributed by atoms with E-state index in [9.17, 15) is 4.39 Å². The van der Waals surface area contributed by atoms with Crippen molar-refractivity contribution in [2.24, 2.45) is 5.73 Å². The lowest BCUT2D eigenvalue weighted by Crippen LogP contribution is -1.77. The summed E-state index contributed by atoms with van der Waals surface area (Å²) in [6.07, 6.45) is 5.06. The van der Waals surface area contributed by atoms with E-state index < -0.39 is 5.83 Å². The summed E-state index contributed by atoms with van der Waals surface area (Å²) in [6, 6.07) is 0. The van der Waals surface area contributed by atoms with Crippen LogP contribution in [0.4, 0.5) is 4.39 Å². The smallest absolute Gasteiger partial charge is 0.138 e. The maximum Gasteiger partial charge on any atom is 0.138 e. The molecule has 0 aliphatic heterocycles. The fraction of sp³-hybridized carbons (Fsp3) is 0. The van der Waals surface area contributed by atoms with Crippen molar-refractivity contribution in [2.45, 2.75) is 0 Å². The van der Waals surface area contributed by atoms with Crippen LogP contribution < -0.4 is 5.73 Å². The number of halogens is 1. The van der Waals surface area contributed by atoms with Crippen molar-refractivity contribution in [3.8, 4) is 0 Å². The fourth-order valence-electron chi connectivity index (χ4n) is 0.216. The second kappa shape index (κ2) is 4.12. The predicted octanol–water partition coefficient (Wildman–Crippen LogP) is 1.50. The third kappa shape index (κ3) is 3.15. The normalized spacial score (nSPS) is 12.4. The van der Waals surface area contributed by atoms with Crippen molar-refractivity contribution in [1.29, 1.82) is 0 Å². The lowest BCUT2D eigenvalue weighted by Gasteiger charge is -1.77. The number of hydrogen-bond donors (Lipinski definition) is 1. The minimum Gasteiger partial charge on any atom is -0.402 e. The summed E-state index contributed by atoms with van der Waals surface area (Å²) in [5.41, 5.74) is 4.79. The van der Waals surface area contributed by atoms with Gasteiger partial charge in [0.05, 0.1) is 0 Å². The van der Waals surface area contributed by atoms with Gasteiger partial charge in [-0.1, -0.05) is 18.7 Å². The molecule has 0 saturated heterocycles. The average molecular weight is 113 g/mol. The van der Waals surface area contributed by atoms with E-state index in [2.05, 4.69) is 6.58 Å². The van der Waals surface area contributed by atoms with Crippen molar-refractivity contribution in [2.75, 3.05) is 0 Å². The Morgan fingerprint density at radius 1 is 1.62 bits per heavy atom. The maximum absolute atomic E-state index is 11.9. The first-order valence-electron chi connectivity index (χ1n) is 2.17. The average Bonchev–Trinajstić information content (AvgIpc) is 1.83. The Hall–Kier alpha value is -1.05. The molecular formula is C6H8FN. The molecule has 0 saturated carbocycles. The van der Waals surface area contributed by atoms with Crippen molar-refractivity contribution in [1.82, 2.24) is 0 Å². The van der Waals surface area contributed by atoms with E-state index in [-0.39, 0.29) is 0 Å². The summed E-state index contributed by atoms with van der Waals surface area (Å²) in [7, 11) is 0. The summed E-state index contributed by atoms with van der Waals surface area (Å²) in [6.45, 7) is 3.35. The van der Waals surface area contributed by atoms with Crippen LogP contribution in [0.2, 0.25) is 0 Å². The molecule has 0 rings (SSSR count). The van der Waals surface area contributed by atoms with Crippen LogP contribution >= 0.6 is 0 Å². The zero-order chi connectivity index (χ0) is 6.41. The first-order valence-corrected chi connectivity index (χ1v) is 2.17. The first kappa shape index (κ1) is 6.95. The van der Waals surface area contributed by atoms with E-state index in [4.69, 9.17) is 5.73 Å². The Kier molecular flexibility index (Phi) is 3.58. The van der Waals surface area contributed by atoms with E-state index in [1.54, 1.807) is 0 Å². The molecule has 2 heteroatoms. The van der Waals surface area contributed by atoms with Gasteiger partial charge in [0.2, 0.25) is 0 Å². The van der Waals surface area contributed by atoms with E-state index in [1.165, 1.54) is 18.2 Å². The second-order valence-electron chi connectivity index (χ2n) is 1.15. The first-order chi connectivity index (χ1) is 3.81. The highest BCUT2D eigenvalue weighted by molar-refractivity contribution is 5.13. The van der Waals surface area contributed by atoms with E-state index >= 15 is 0 Å². The molecule has 0 atom stereocenters. The van der Waals surface area contributed by atoms with Crippen LogP contribution in [0.25, 0.3) is 0 Å². The SMILES string of the molecule is C=C/C=C\C(F)=C\N. The minimum atomic E-state index is -0.454. The Morgan fingerprint density at radius 2 is 2.25 bits per heavy atom. The van der Waals surface area contributed by atoms with Crippen LogP contribution in [0.5, 0.6) is 0 Å². The number of allylic oxidation sites excluding steroid dienone is 4. The van der Waals surface area contributed by atoms with E-state index in [0.717, 1.165) is 6.20 Å². The van der Waals surface area contributed by atoms with Gasteiger partial charge in [0.1, 0.15) is 5.83 Å². The summed E-state index contributed by atoms with van der Waals surface area (Å²) >= 11 is 0. The van der Waals surface area contributed by atoms with Crippen molar-refractivity contribution < 1.29 is 4.39 Å². The topological polar surface area (TPSA) is 26.0 Å². The van der Waals surface area contributed by atoms with Gasteiger partial charge >= 0.3 is 0 Å². The summed E-state index contributed by atoms with van der Waals surface area (Å²) in [5.74, 6) is -0.454. The van der Waals surface area contributed by atoms with Gasteiger partial charge in [-0.2, -0.15) is 0 Å². The molecule has 0 spiro atoms. The van der Waals surface area contributed by atoms with Gasteiger partial charge in [0.25, 0.3) is 0 Å². The third-order valence-corrected chi connectivity index (χ3v) is 0.551. The molecule has 0 bridgehead atoms. The molecule has 0 aromatic carbocycles. The maximum atomic E-state index is 11.9. The monoisotopic (exact) mass is 113 g/mol. The highest BCUT2D eigenvalue weighted by Gasteiger charge is 1.77. The van der Waals surface area contributed by atoms with E-state index in [1.807, 2.05) is 0 Å². The van der Waals surface area contributed by atoms with Crippen LogP contribution in [0.1, 0.15) is 0 Å². The van der Waals surface area contributed by atoms with Crippen LogP contribution in [0, 0.1) is 0 Å². The molecule has 44 valence electrons. The second-order valence-corrected chi connectivity index (χ2v) is 1.15. The minimum absolute atomic E-state index is 0.454. The zero-order valence-corrected chi connectivity index (χ0v) is 4.47. The lowest BCUT2D eigenvalue weighted by molar-refractivity contribution is 0.663. The number of rotatable bonds is 2. The Bertz CT molecular complexity index is 124. The highest BCUT2D eigenvalue weighted by Crippen LogP contribution is 1.93. The molecule has 0 unspecified atom stereocenters. The molecule has 0 aromatic heterocycles. The van der Waals surface area contributed by atoms with E-state index in [0.29, 0.717) is 0 Å². The predicted molar refractivity (Wildman–Crippen MR) is 32.7 cm³/mol. The standard InChI is InChI=1S/C6H8FN/c1-2-3-4-6(7)5-8/h2-5H,1,8H2/b4-3-,6-5-. The molecule has 1 nitrogen and oxygen atoms in total. The quantitative estimate of drug-likeness (QED) is 0.539. The lowest BCUT2D eigenvalue weighted by atomic mass is 10.4. The molecular weight excluding hydrogens is 105 g/mol. The molecule has 0 fully saturated rings. The number of hydrogen-bond acceptors (Lipinski definition) is 1. The van der Waals surface area contributed by atoms with Crippen molar-refractivity contribution >= 4 is 0 Å². The highest BCUT2D eigenvalue weighted by atomic mass is 19.1. The zero-order valence-electron chi connectivity index (χ0n) is 4.47. The molecule has 0 aromatic rings. The molecule has 0 heterocycles. The van der Waals surface area contributed by atoms with Gasteiger partial charge < -0.3 is 5.73 Å². The van der Waals surface area contributed by atoms with Gasteiger partial charge in [0, 0.05) is 6.20 Å². The molecule has 0 aliphatic carbocycles. The third-order valence-electron chi connectivity index (χ3n) is 0.551. The van der Waals surface area contributed by atoms with Gasteiger partial charge in [-0.05, 0) is 6.08 Å². The summed E-state index contributed by atoms with van der Waals surface area (Å²) in [4.78, 5) is 0. The van der Waals surface area contributed by atoms with Gasteiger partial charge in [-0.25, -0.2) is 4.39 Å². The summed E-state index contributed by atoms with van der Waals surface area (Å²) in [5, 5.41) is 0. The molecule has 0 radical (unpaired) electrons. The van der Waals surface area contributed by atoms with Gasteiger partial charge in [-0.15, -0.1) is 0 Å². The Labute approximate surface area is 48.0 Å². The largest absolute Gasteiger partial charge is 0.402 e. The molecule has 0 aliphatic rings. The van der Waals surface area contributed by atoms with Crippen molar-refractivity contribution in [3.05, 3.63) is 36.8 Å². The fourth-order valence-corrected chi connectivity index (χ4v) is 0.216. The van der Waals surface area contributed by atoms with Crippen LogP contribution in [-0.2, 0) is 0 Å². The Morgan fingerprint density at radius 3 is 2.62 bits per heavy atom. The molecule has 0 amide bonds. The van der Waals surface area contributed by atoms with Gasteiger partial charge in [0.15, 0.2) is 0 Å². The number of nitrogens with two attached hydrogens (primary N) is 1.